The highest BCUT2D eigenvalue weighted by Crippen LogP contribution is 2.20. The van der Waals surface area contributed by atoms with Gasteiger partial charge in [0, 0.05) is 5.33 Å². The van der Waals surface area contributed by atoms with Crippen LogP contribution >= 0.6 is 15.9 Å². The molecule has 106 valence electrons. The molecule has 0 spiro atoms. The summed E-state index contributed by atoms with van der Waals surface area (Å²) in [5.74, 6) is -0.103. The molecule has 0 aliphatic heterocycles. The van der Waals surface area contributed by atoms with Crippen molar-refractivity contribution >= 4 is 21.9 Å². The summed E-state index contributed by atoms with van der Waals surface area (Å²) >= 11 is 3.42. The molecule has 0 N–H and O–H groups in total. The number of unbranched alkanes of at least 4 members (excludes halogenated alkanes) is 3. The van der Waals surface area contributed by atoms with Crippen LogP contribution in [0.4, 0.5) is 0 Å². The van der Waals surface area contributed by atoms with Crippen molar-refractivity contribution in [3.63, 3.8) is 0 Å². The lowest BCUT2D eigenvalue weighted by atomic mass is 9.97. The van der Waals surface area contributed by atoms with Crippen molar-refractivity contribution in [1.82, 2.24) is 0 Å². The minimum Gasteiger partial charge on any atom is -0.460 e. The molecule has 1 unspecified atom stereocenters. The fourth-order valence-electron chi connectivity index (χ4n) is 1.76. The van der Waals surface area contributed by atoms with Crippen LogP contribution in [0.3, 0.4) is 0 Å². The maximum Gasteiger partial charge on any atom is 0.309 e. The Morgan fingerprint density at radius 2 is 1.89 bits per heavy atom. The summed E-state index contributed by atoms with van der Waals surface area (Å²) in [5.41, 5.74) is -0.396. The van der Waals surface area contributed by atoms with E-state index in [9.17, 15) is 4.79 Å². The summed E-state index contributed by atoms with van der Waals surface area (Å²) in [7, 11) is 0. The normalized spacial score (nSPS) is 13.1. The molecule has 0 radical (unpaired) electrons. The lowest BCUT2D eigenvalue weighted by Gasteiger charge is -2.23. The maximum atomic E-state index is 12.0. The van der Waals surface area contributed by atoms with E-state index in [1.807, 2.05) is 26.8 Å². The first kappa shape index (κ1) is 17.7. The molecule has 1 atom stereocenters. The predicted molar refractivity (Wildman–Crippen MR) is 81.0 cm³/mol. The van der Waals surface area contributed by atoms with Crippen LogP contribution in [0, 0.1) is 5.92 Å². The zero-order chi connectivity index (χ0) is 14.0. The van der Waals surface area contributed by atoms with Crippen LogP contribution in [0.2, 0.25) is 0 Å². The molecule has 2 nitrogen and oxygen atoms in total. The fourth-order valence-corrected chi connectivity index (χ4v) is 2.15. The topological polar surface area (TPSA) is 26.3 Å². The van der Waals surface area contributed by atoms with Crippen molar-refractivity contribution in [2.45, 2.75) is 64.9 Å². The Labute approximate surface area is 120 Å². The van der Waals surface area contributed by atoms with Gasteiger partial charge in [-0.2, -0.15) is 0 Å². The molecule has 0 saturated carbocycles. The summed E-state index contributed by atoms with van der Waals surface area (Å²) in [6, 6.07) is 0. The standard InChI is InChI=1S/C15H27BrO2/c1-5-10-13(11-8-6-7-9-12-16)14(17)18-15(2,3)4/h5,13H,1,6-12H2,2-4H3. The zero-order valence-corrected chi connectivity index (χ0v) is 13.6. The molecular weight excluding hydrogens is 292 g/mol. The number of carbonyl (C=O) groups excluding carboxylic acids is 1. The molecule has 0 aromatic rings. The van der Waals surface area contributed by atoms with E-state index in [4.69, 9.17) is 4.74 Å². The van der Waals surface area contributed by atoms with Gasteiger partial charge in [0.2, 0.25) is 0 Å². The van der Waals surface area contributed by atoms with Crippen LogP contribution in [0.15, 0.2) is 12.7 Å². The molecule has 0 aliphatic rings. The highest BCUT2D eigenvalue weighted by Gasteiger charge is 2.23. The van der Waals surface area contributed by atoms with Gasteiger partial charge in [-0.3, -0.25) is 4.79 Å². The molecule has 0 aromatic heterocycles. The Morgan fingerprint density at radius 1 is 1.28 bits per heavy atom. The van der Waals surface area contributed by atoms with E-state index >= 15 is 0 Å². The molecule has 0 aliphatic carbocycles. The molecule has 0 bridgehead atoms. The molecule has 3 heteroatoms. The second-order valence-electron chi connectivity index (χ2n) is 5.65. The number of esters is 1. The Kier molecular flexibility index (Phi) is 9.43. The number of halogens is 1. The zero-order valence-electron chi connectivity index (χ0n) is 12.0. The fraction of sp³-hybridized carbons (Fsp3) is 0.800. The van der Waals surface area contributed by atoms with Gasteiger partial charge >= 0.3 is 5.97 Å². The van der Waals surface area contributed by atoms with Gasteiger partial charge in [0.1, 0.15) is 5.60 Å². The van der Waals surface area contributed by atoms with Gasteiger partial charge in [0.05, 0.1) is 5.92 Å². The van der Waals surface area contributed by atoms with Gasteiger partial charge in [-0.1, -0.05) is 41.3 Å². The first-order valence-corrected chi connectivity index (χ1v) is 7.92. The van der Waals surface area contributed by atoms with E-state index in [1.165, 1.54) is 19.3 Å². The van der Waals surface area contributed by atoms with Gasteiger partial charge in [-0.05, 0) is 40.0 Å². The van der Waals surface area contributed by atoms with Crippen molar-refractivity contribution in [2.75, 3.05) is 5.33 Å². The monoisotopic (exact) mass is 318 g/mol. The Hall–Kier alpha value is -0.310. The molecule has 0 rings (SSSR count). The molecule has 0 heterocycles. The number of carbonyl (C=O) groups is 1. The van der Waals surface area contributed by atoms with Crippen LogP contribution in [0.5, 0.6) is 0 Å². The SMILES string of the molecule is C=CCC(CCCCCCBr)C(=O)OC(C)(C)C. The number of rotatable bonds is 9. The maximum absolute atomic E-state index is 12.0. The van der Waals surface area contributed by atoms with Crippen LogP contribution in [0.25, 0.3) is 0 Å². The molecule has 0 saturated heterocycles. The molecule has 0 fully saturated rings. The van der Waals surface area contributed by atoms with E-state index in [-0.39, 0.29) is 11.9 Å². The van der Waals surface area contributed by atoms with Crippen molar-refractivity contribution in [2.24, 2.45) is 5.92 Å². The average molecular weight is 319 g/mol. The van der Waals surface area contributed by atoms with Crippen molar-refractivity contribution in [3.8, 4) is 0 Å². The third-order valence-corrected chi connectivity index (χ3v) is 3.19. The summed E-state index contributed by atoms with van der Waals surface area (Å²) < 4.78 is 5.44. The minimum atomic E-state index is -0.396. The molecule has 18 heavy (non-hydrogen) atoms. The van der Waals surface area contributed by atoms with Crippen LogP contribution in [-0.2, 0) is 9.53 Å². The number of ether oxygens (including phenoxy) is 1. The van der Waals surface area contributed by atoms with Crippen LogP contribution < -0.4 is 0 Å². The van der Waals surface area contributed by atoms with Gasteiger partial charge < -0.3 is 4.74 Å². The summed E-state index contributed by atoms with van der Waals surface area (Å²) in [6.07, 6.45) is 8.13. The smallest absolute Gasteiger partial charge is 0.309 e. The van der Waals surface area contributed by atoms with Crippen LogP contribution in [-0.4, -0.2) is 16.9 Å². The number of allylic oxidation sites excluding steroid dienone is 1. The second kappa shape index (κ2) is 9.60. The van der Waals surface area contributed by atoms with Crippen LogP contribution in [0.1, 0.15) is 59.3 Å². The number of alkyl halides is 1. The highest BCUT2D eigenvalue weighted by atomic mass is 79.9. The lowest BCUT2D eigenvalue weighted by molar-refractivity contribution is -0.160. The summed E-state index contributed by atoms with van der Waals surface area (Å²) in [5, 5.41) is 1.06. The van der Waals surface area contributed by atoms with E-state index in [2.05, 4.69) is 22.5 Å². The average Bonchev–Trinajstić information content (AvgIpc) is 2.25. The first-order valence-electron chi connectivity index (χ1n) is 6.80. The van der Waals surface area contributed by atoms with Gasteiger partial charge in [0.15, 0.2) is 0 Å². The molecular formula is C15H27BrO2. The predicted octanol–water partition coefficient (Wildman–Crippen LogP) is 4.87. The third-order valence-electron chi connectivity index (χ3n) is 2.63. The third kappa shape index (κ3) is 9.69. The van der Waals surface area contributed by atoms with Gasteiger partial charge in [-0.25, -0.2) is 0 Å². The Balaban J connectivity index is 4.05. The first-order chi connectivity index (χ1) is 8.40. The largest absolute Gasteiger partial charge is 0.460 e. The summed E-state index contributed by atoms with van der Waals surface area (Å²) in [6.45, 7) is 9.45. The van der Waals surface area contributed by atoms with E-state index in [1.54, 1.807) is 0 Å². The van der Waals surface area contributed by atoms with Gasteiger partial charge in [-0.15, -0.1) is 6.58 Å². The lowest BCUT2D eigenvalue weighted by Crippen LogP contribution is -2.28. The minimum absolute atomic E-state index is 0.0225. The van der Waals surface area contributed by atoms with E-state index in [0.717, 1.165) is 18.2 Å². The molecule has 0 aromatic carbocycles. The van der Waals surface area contributed by atoms with E-state index < -0.39 is 5.60 Å². The number of hydrogen-bond acceptors (Lipinski definition) is 2. The van der Waals surface area contributed by atoms with Gasteiger partial charge in [0.25, 0.3) is 0 Å². The number of hydrogen-bond donors (Lipinski definition) is 0. The quantitative estimate of drug-likeness (QED) is 0.262. The van der Waals surface area contributed by atoms with E-state index in [0.29, 0.717) is 6.42 Å². The second-order valence-corrected chi connectivity index (χ2v) is 6.44. The van der Waals surface area contributed by atoms with Crippen molar-refractivity contribution in [3.05, 3.63) is 12.7 Å². The molecule has 0 amide bonds. The van der Waals surface area contributed by atoms with Crippen molar-refractivity contribution < 1.29 is 9.53 Å². The summed E-state index contributed by atoms with van der Waals surface area (Å²) in [4.78, 5) is 12.0. The Morgan fingerprint density at radius 3 is 2.39 bits per heavy atom. The Bertz CT molecular complexity index is 243. The van der Waals surface area contributed by atoms with Crippen molar-refractivity contribution in [1.29, 1.82) is 0 Å². The highest BCUT2D eigenvalue weighted by molar-refractivity contribution is 9.09.